The average molecular weight is 444 g/mol. The van der Waals surface area contributed by atoms with Crippen LogP contribution >= 0.6 is 0 Å². The van der Waals surface area contributed by atoms with Crippen molar-refractivity contribution in [2.45, 2.75) is 49.2 Å². The fourth-order valence-electron chi connectivity index (χ4n) is 3.83. The standard InChI is InChI=1S/C19H20F4N4O2S/c1-9-13(28)8-27(9)18-25-15(12-5-6-19(22,23)16(12)26-18)10-3-4-11(17(20)21)14(7-10)30(2,24)29/h3-4,7,9,13,17,24,28H,5-6,8H2,1-2H3/t9-,13+,30?/m0/s1. The van der Waals surface area contributed by atoms with E-state index in [-0.39, 0.29) is 46.7 Å². The van der Waals surface area contributed by atoms with Crippen LogP contribution in [0.4, 0.5) is 23.5 Å². The maximum Gasteiger partial charge on any atom is 0.290 e. The van der Waals surface area contributed by atoms with Gasteiger partial charge in [-0.3, -0.25) is 0 Å². The number of hydrogen-bond acceptors (Lipinski definition) is 6. The monoisotopic (exact) mass is 444 g/mol. The number of hydrogen-bond donors (Lipinski definition) is 2. The third kappa shape index (κ3) is 3.33. The topological polar surface area (TPSA) is 90.2 Å². The normalized spacial score (nSPS) is 24.5. The number of alkyl halides is 4. The number of nitrogens with zero attached hydrogens (tertiary/aromatic N) is 3. The van der Waals surface area contributed by atoms with Crippen molar-refractivity contribution >= 4 is 15.7 Å². The Labute approximate surface area is 170 Å². The third-order valence-electron chi connectivity index (χ3n) is 5.66. The highest BCUT2D eigenvalue weighted by Crippen LogP contribution is 2.45. The van der Waals surface area contributed by atoms with Crippen LogP contribution in [0.3, 0.4) is 0 Å². The fourth-order valence-corrected chi connectivity index (χ4v) is 4.79. The Morgan fingerprint density at radius 3 is 2.60 bits per heavy atom. The van der Waals surface area contributed by atoms with Gasteiger partial charge in [0, 0.05) is 35.9 Å². The van der Waals surface area contributed by atoms with Gasteiger partial charge in [-0.1, -0.05) is 12.1 Å². The molecule has 1 aliphatic heterocycles. The van der Waals surface area contributed by atoms with Crippen LogP contribution in [0.2, 0.25) is 0 Å². The van der Waals surface area contributed by atoms with E-state index in [0.29, 0.717) is 0 Å². The van der Waals surface area contributed by atoms with Gasteiger partial charge in [-0.15, -0.1) is 0 Å². The van der Waals surface area contributed by atoms with Crippen molar-refractivity contribution in [2.75, 3.05) is 17.7 Å². The molecule has 1 aromatic heterocycles. The Bertz CT molecular complexity index is 1120. The highest BCUT2D eigenvalue weighted by atomic mass is 32.2. The second-order valence-corrected chi connectivity index (χ2v) is 9.89. The van der Waals surface area contributed by atoms with Crippen LogP contribution in [0.15, 0.2) is 23.1 Å². The molecular weight excluding hydrogens is 424 g/mol. The van der Waals surface area contributed by atoms with E-state index in [1.807, 2.05) is 0 Å². The lowest BCUT2D eigenvalue weighted by Crippen LogP contribution is -2.59. The summed E-state index contributed by atoms with van der Waals surface area (Å²) in [6.45, 7) is 1.90. The van der Waals surface area contributed by atoms with Gasteiger partial charge in [0.25, 0.3) is 12.3 Å². The fraction of sp³-hybridized carbons (Fsp3) is 0.474. The zero-order valence-electron chi connectivity index (χ0n) is 16.2. The minimum Gasteiger partial charge on any atom is -0.389 e. The molecule has 0 radical (unpaired) electrons. The van der Waals surface area contributed by atoms with Crippen LogP contribution < -0.4 is 4.90 Å². The molecule has 2 heterocycles. The molecule has 1 saturated heterocycles. The molecule has 0 amide bonds. The Balaban J connectivity index is 1.92. The Hall–Kier alpha value is -2.27. The molecule has 162 valence electrons. The lowest BCUT2D eigenvalue weighted by Gasteiger charge is -2.43. The van der Waals surface area contributed by atoms with Crippen LogP contribution in [0.5, 0.6) is 0 Å². The van der Waals surface area contributed by atoms with Gasteiger partial charge >= 0.3 is 0 Å². The molecule has 1 aliphatic carbocycles. The van der Waals surface area contributed by atoms with Gasteiger partial charge in [0.05, 0.1) is 32.5 Å². The Morgan fingerprint density at radius 2 is 2.03 bits per heavy atom. The lowest BCUT2D eigenvalue weighted by molar-refractivity contribution is -0.00603. The largest absolute Gasteiger partial charge is 0.389 e. The van der Waals surface area contributed by atoms with Crippen molar-refractivity contribution in [1.29, 1.82) is 4.78 Å². The summed E-state index contributed by atoms with van der Waals surface area (Å²) in [5.74, 6) is -3.14. The molecule has 3 atom stereocenters. The number of benzene rings is 1. The number of anilines is 1. The van der Waals surface area contributed by atoms with Crippen LogP contribution in [0, 0.1) is 4.78 Å². The predicted molar refractivity (Wildman–Crippen MR) is 103 cm³/mol. The highest BCUT2D eigenvalue weighted by molar-refractivity contribution is 7.91. The number of aromatic nitrogens is 2. The van der Waals surface area contributed by atoms with E-state index in [1.54, 1.807) is 11.8 Å². The van der Waals surface area contributed by atoms with Crippen molar-refractivity contribution in [3.05, 3.63) is 35.0 Å². The molecule has 2 aromatic rings. The quantitative estimate of drug-likeness (QED) is 0.702. The molecule has 1 fully saturated rings. The van der Waals surface area contributed by atoms with Gasteiger partial charge in [-0.2, -0.15) is 8.78 Å². The molecule has 1 unspecified atom stereocenters. The van der Waals surface area contributed by atoms with Gasteiger partial charge < -0.3 is 10.0 Å². The first-order valence-electron chi connectivity index (χ1n) is 9.30. The average Bonchev–Trinajstić information content (AvgIpc) is 2.98. The third-order valence-corrected chi connectivity index (χ3v) is 6.85. The zero-order chi connectivity index (χ0) is 22.0. The summed E-state index contributed by atoms with van der Waals surface area (Å²) in [4.78, 5) is 9.71. The molecule has 30 heavy (non-hydrogen) atoms. The second kappa shape index (κ2) is 6.88. The minimum atomic E-state index is -3.50. The maximum atomic E-state index is 14.5. The number of aliphatic hydroxyl groups is 1. The Kier molecular flexibility index (Phi) is 4.81. The van der Waals surface area contributed by atoms with Crippen LogP contribution in [-0.2, 0) is 22.1 Å². The molecule has 1 aromatic carbocycles. The van der Waals surface area contributed by atoms with E-state index in [0.717, 1.165) is 12.3 Å². The maximum absolute atomic E-state index is 14.5. The van der Waals surface area contributed by atoms with E-state index >= 15 is 0 Å². The minimum absolute atomic E-state index is 0.00440. The molecule has 2 N–H and O–H groups in total. The first-order valence-corrected chi connectivity index (χ1v) is 11.3. The second-order valence-electron chi connectivity index (χ2n) is 7.76. The van der Waals surface area contributed by atoms with E-state index in [9.17, 15) is 26.9 Å². The van der Waals surface area contributed by atoms with Gasteiger partial charge in [0.1, 0.15) is 5.69 Å². The summed E-state index contributed by atoms with van der Waals surface area (Å²) in [5.41, 5.74) is -0.370. The van der Waals surface area contributed by atoms with Gasteiger partial charge in [0.15, 0.2) is 0 Å². The summed E-state index contributed by atoms with van der Waals surface area (Å²) in [6, 6.07) is 3.19. The molecule has 4 rings (SSSR count). The number of fused-ring (bicyclic) bond motifs is 1. The SMILES string of the molecule is C[C@H]1[C@H](O)CN1c1nc(-c2ccc(C(F)F)c(S(C)(=N)=O)c2)c2c(n1)C(F)(F)CC2. The van der Waals surface area contributed by atoms with Crippen molar-refractivity contribution in [2.24, 2.45) is 0 Å². The van der Waals surface area contributed by atoms with E-state index in [2.05, 4.69) is 9.97 Å². The van der Waals surface area contributed by atoms with Crippen molar-refractivity contribution in [1.82, 2.24) is 9.97 Å². The van der Waals surface area contributed by atoms with Crippen LogP contribution in [0.25, 0.3) is 11.3 Å². The van der Waals surface area contributed by atoms with E-state index in [1.165, 1.54) is 12.1 Å². The molecule has 6 nitrogen and oxygen atoms in total. The summed E-state index contributed by atoms with van der Waals surface area (Å²) in [5, 5.41) is 9.77. The smallest absolute Gasteiger partial charge is 0.290 e. The van der Waals surface area contributed by atoms with Gasteiger partial charge in [0.2, 0.25) is 5.95 Å². The van der Waals surface area contributed by atoms with Crippen molar-refractivity contribution in [3.63, 3.8) is 0 Å². The molecular formula is C19H20F4N4O2S. The summed E-state index contributed by atoms with van der Waals surface area (Å²) in [6.07, 6.45) is -2.97. The summed E-state index contributed by atoms with van der Waals surface area (Å²) < 4.78 is 75.7. The summed E-state index contributed by atoms with van der Waals surface area (Å²) >= 11 is 0. The number of halogens is 4. The van der Waals surface area contributed by atoms with Gasteiger partial charge in [-0.05, 0) is 19.4 Å². The molecule has 2 aliphatic rings. The highest BCUT2D eigenvalue weighted by Gasteiger charge is 2.45. The Morgan fingerprint density at radius 1 is 1.33 bits per heavy atom. The number of aliphatic hydroxyl groups excluding tert-OH is 1. The molecule has 0 spiro atoms. The van der Waals surface area contributed by atoms with Crippen LogP contribution in [0.1, 0.15) is 36.6 Å². The number of rotatable bonds is 4. The predicted octanol–water partition coefficient (Wildman–Crippen LogP) is 3.72. The van der Waals surface area contributed by atoms with E-state index < -0.39 is 45.9 Å². The number of β-amino-alcohol motifs (C(OH)–C–C–N with tert-alkyl or cyclic N) is 1. The lowest BCUT2D eigenvalue weighted by atomic mass is 10.0. The first-order chi connectivity index (χ1) is 13.9. The molecule has 0 bridgehead atoms. The van der Waals surface area contributed by atoms with E-state index in [4.69, 9.17) is 4.78 Å². The van der Waals surface area contributed by atoms with Crippen molar-refractivity contribution in [3.8, 4) is 11.3 Å². The first kappa shape index (κ1) is 21.0. The van der Waals surface area contributed by atoms with Crippen molar-refractivity contribution < 1.29 is 26.9 Å². The van der Waals surface area contributed by atoms with Gasteiger partial charge in [-0.25, -0.2) is 27.7 Å². The molecule has 0 saturated carbocycles. The number of nitrogens with one attached hydrogen (secondary N) is 1. The summed E-state index contributed by atoms with van der Waals surface area (Å²) in [7, 11) is -3.50. The molecule has 11 heteroatoms. The zero-order valence-corrected chi connectivity index (χ0v) is 17.0. The van der Waals surface area contributed by atoms with Crippen LogP contribution in [-0.4, -0.2) is 44.2 Å².